The summed E-state index contributed by atoms with van der Waals surface area (Å²) >= 11 is 0. The minimum absolute atomic E-state index is 0.00479. The molecule has 38 heavy (non-hydrogen) atoms. The van der Waals surface area contributed by atoms with E-state index < -0.39 is 25.7 Å². The molecule has 0 aliphatic heterocycles. The molecule has 5 rings (SSSR count). The van der Waals surface area contributed by atoms with Gasteiger partial charge in [-0.15, -0.1) is 0 Å². The first-order chi connectivity index (χ1) is 18.1. The van der Waals surface area contributed by atoms with Gasteiger partial charge in [0.15, 0.2) is 5.65 Å². The van der Waals surface area contributed by atoms with Gasteiger partial charge in [-0.2, -0.15) is 0 Å². The molecule has 0 spiro atoms. The fourth-order valence-electron chi connectivity index (χ4n) is 4.20. The fraction of sp³-hybridized carbons (Fsp3) is 0.185. The van der Waals surface area contributed by atoms with Crippen molar-refractivity contribution in [2.75, 3.05) is 4.72 Å². The van der Waals surface area contributed by atoms with Crippen LogP contribution in [0.2, 0.25) is 0 Å². The zero-order valence-corrected chi connectivity index (χ0v) is 22.4. The van der Waals surface area contributed by atoms with Gasteiger partial charge < -0.3 is 4.57 Å². The molecule has 0 unspecified atom stereocenters. The first-order valence-electron chi connectivity index (χ1n) is 12.0. The second-order valence-electron chi connectivity index (χ2n) is 8.94. The topological polar surface area (TPSA) is 111 Å². The Morgan fingerprint density at radius 2 is 1.45 bits per heavy atom. The molecule has 0 bridgehead atoms. The number of aryl methyl sites for hydroxylation is 2. The molecule has 0 amide bonds. The fourth-order valence-corrected chi connectivity index (χ4v) is 6.88. The molecule has 5 aromatic rings. The van der Waals surface area contributed by atoms with Crippen molar-refractivity contribution in [1.82, 2.24) is 14.5 Å². The largest absolute Gasteiger partial charge is 0.309 e. The van der Waals surface area contributed by atoms with Crippen LogP contribution in [0.4, 0.5) is 10.2 Å². The van der Waals surface area contributed by atoms with Gasteiger partial charge in [-0.3, -0.25) is 4.72 Å². The van der Waals surface area contributed by atoms with Crippen molar-refractivity contribution in [3.63, 3.8) is 0 Å². The smallest absolute Gasteiger partial charge is 0.263 e. The summed E-state index contributed by atoms with van der Waals surface area (Å²) in [6, 6.07) is 17.6. The molecule has 1 N–H and O–H groups in total. The van der Waals surface area contributed by atoms with Crippen molar-refractivity contribution >= 4 is 47.9 Å². The number of unbranched alkanes of at least 4 members (excludes halogenated alkanes) is 1. The van der Waals surface area contributed by atoms with Gasteiger partial charge in [0.05, 0.1) is 20.8 Å². The van der Waals surface area contributed by atoms with E-state index in [1.807, 2.05) is 13.8 Å². The number of anilines is 1. The van der Waals surface area contributed by atoms with Crippen molar-refractivity contribution in [2.45, 2.75) is 47.9 Å². The highest BCUT2D eigenvalue weighted by molar-refractivity contribution is 7.93. The van der Waals surface area contributed by atoms with E-state index in [0.717, 1.165) is 36.2 Å². The van der Waals surface area contributed by atoms with Crippen LogP contribution >= 0.6 is 0 Å². The van der Waals surface area contributed by atoms with Crippen LogP contribution in [0.3, 0.4) is 0 Å². The molecule has 0 saturated heterocycles. The van der Waals surface area contributed by atoms with Gasteiger partial charge in [0.1, 0.15) is 22.0 Å². The Kier molecular flexibility index (Phi) is 6.66. The number of rotatable bonds is 8. The third-order valence-electron chi connectivity index (χ3n) is 6.20. The molecule has 0 atom stereocenters. The molecule has 0 aliphatic rings. The number of sulfone groups is 1. The normalized spacial score (nSPS) is 12.3. The van der Waals surface area contributed by atoms with Crippen molar-refractivity contribution in [3.8, 4) is 0 Å². The number of nitrogens with zero attached hydrogens (tertiary/aromatic N) is 3. The highest BCUT2D eigenvalue weighted by Crippen LogP contribution is 2.38. The second-order valence-corrected chi connectivity index (χ2v) is 12.5. The molecule has 2 aromatic heterocycles. The van der Waals surface area contributed by atoms with E-state index in [1.54, 1.807) is 41.0 Å². The van der Waals surface area contributed by atoms with E-state index in [4.69, 9.17) is 4.98 Å². The lowest BCUT2D eigenvalue weighted by atomic mass is 10.2. The second kappa shape index (κ2) is 9.80. The number of fused-ring (bicyclic) bond motifs is 2. The van der Waals surface area contributed by atoms with Crippen molar-refractivity contribution in [3.05, 3.63) is 84.2 Å². The summed E-state index contributed by atoms with van der Waals surface area (Å²) in [5.74, 6) is -0.752. The molecule has 196 valence electrons. The maximum absolute atomic E-state index is 14.1. The van der Waals surface area contributed by atoms with E-state index in [-0.39, 0.29) is 31.7 Å². The highest BCUT2D eigenvalue weighted by atomic mass is 32.2. The predicted octanol–water partition coefficient (Wildman–Crippen LogP) is 5.47. The zero-order chi connectivity index (χ0) is 27.1. The summed E-state index contributed by atoms with van der Waals surface area (Å²) in [5, 5.41) is 0. The predicted molar refractivity (Wildman–Crippen MR) is 144 cm³/mol. The SMILES string of the molecule is CCCCn1c(NS(=O)(=O)c2ccc(F)cc2)c(S(=O)(=O)c2ccc(C)cc2)c2nc3ccccc3nc21. The minimum atomic E-state index is -4.30. The molecule has 11 heteroatoms. The number of para-hydroxylation sites is 2. The number of aromatic nitrogens is 3. The summed E-state index contributed by atoms with van der Waals surface area (Å²) < 4.78 is 72.6. The molecule has 3 aromatic carbocycles. The molecule has 2 heterocycles. The molecular weight excluding hydrogens is 527 g/mol. The van der Waals surface area contributed by atoms with Crippen LogP contribution in [0.5, 0.6) is 0 Å². The third kappa shape index (κ3) is 4.63. The molecule has 0 fully saturated rings. The van der Waals surface area contributed by atoms with E-state index >= 15 is 0 Å². The quantitative estimate of drug-likeness (QED) is 0.273. The van der Waals surface area contributed by atoms with E-state index in [0.29, 0.717) is 24.0 Å². The van der Waals surface area contributed by atoms with Crippen LogP contribution in [0.1, 0.15) is 25.3 Å². The number of benzene rings is 3. The summed E-state index contributed by atoms with van der Waals surface area (Å²) in [5.41, 5.74) is 2.21. The van der Waals surface area contributed by atoms with E-state index in [2.05, 4.69) is 9.71 Å². The van der Waals surface area contributed by atoms with E-state index in [9.17, 15) is 21.2 Å². The average Bonchev–Trinajstić information content (AvgIpc) is 3.18. The van der Waals surface area contributed by atoms with Crippen molar-refractivity contribution < 1.29 is 21.2 Å². The Bertz CT molecular complexity index is 1870. The number of hydrogen-bond acceptors (Lipinski definition) is 6. The first kappa shape index (κ1) is 25.8. The van der Waals surface area contributed by atoms with Crippen LogP contribution in [0.25, 0.3) is 22.2 Å². The van der Waals surface area contributed by atoms with Crippen LogP contribution in [0.15, 0.2) is 87.5 Å². The first-order valence-corrected chi connectivity index (χ1v) is 15.0. The molecule has 8 nitrogen and oxygen atoms in total. The van der Waals surface area contributed by atoms with Crippen LogP contribution in [0, 0.1) is 12.7 Å². The third-order valence-corrected chi connectivity index (χ3v) is 9.37. The molecule has 0 radical (unpaired) electrons. The van der Waals surface area contributed by atoms with E-state index in [1.165, 1.54) is 12.1 Å². The Morgan fingerprint density at radius 1 is 0.842 bits per heavy atom. The number of hydrogen-bond donors (Lipinski definition) is 1. The van der Waals surface area contributed by atoms with Crippen molar-refractivity contribution in [1.29, 1.82) is 0 Å². The maximum atomic E-state index is 14.1. The van der Waals surface area contributed by atoms with Gasteiger partial charge in [0.25, 0.3) is 10.0 Å². The molecular formula is C27H25FN4O4S2. The minimum Gasteiger partial charge on any atom is -0.309 e. The monoisotopic (exact) mass is 552 g/mol. The Balaban J connectivity index is 1.84. The summed E-state index contributed by atoms with van der Waals surface area (Å²) in [4.78, 5) is 8.84. The Hall–Kier alpha value is -3.83. The van der Waals surface area contributed by atoms with Gasteiger partial charge >= 0.3 is 0 Å². The number of halogens is 1. The van der Waals surface area contributed by atoms with Gasteiger partial charge in [-0.05, 0) is 61.9 Å². The molecule has 0 saturated carbocycles. The van der Waals surface area contributed by atoms with Gasteiger partial charge in [-0.1, -0.05) is 43.2 Å². The van der Waals surface area contributed by atoms with Gasteiger partial charge in [0.2, 0.25) is 9.84 Å². The lowest BCUT2D eigenvalue weighted by Gasteiger charge is -2.14. The Labute approximate surface area is 220 Å². The summed E-state index contributed by atoms with van der Waals surface area (Å²) in [7, 11) is -8.56. The van der Waals surface area contributed by atoms with Crippen molar-refractivity contribution in [2.24, 2.45) is 0 Å². The average molecular weight is 553 g/mol. The van der Waals surface area contributed by atoms with Gasteiger partial charge in [0, 0.05) is 6.54 Å². The summed E-state index contributed by atoms with van der Waals surface area (Å²) in [6.07, 6.45) is 1.40. The van der Waals surface area contributed by atoms with Gasteiger partial charge in [-0.25, -0.2) is 31.2 Å². The van der Waals surface area contributed by atoms with Crippen LogP contribution < -0.4 is 4.72 Å². The lowest BCUT2D eigenvalue weighted by molar-refractivity contribution is 0.595. The Morgan fingerprint density at radius 3 is 2.08 bits per heavy atom. The van der Waals surface area contributed by atoms with Crippen LogP contribution in [-0.2, 0) is 26.4 Å². The highest BCUT2D eigenvalue weighted by Gasteiger charge is 2.33. The summed E-state index contributed by atoms with van der Waals surface area (Å²) in [6.45, 7) is 4.11. The number of nitrogens with one attached hydrogen (secondary N) is 1. The zero-order valence-electron chi connectivity index (χ0n) is 20.7. The van der Waals surface area contributed by atoms with Crippen LogP contribution in [-0.4, -0.2) is 31.4 Å². The molecule has 0 aliphatic carbocycles. The number of sulfonamides is 1. The standard InChI is InChI=1S/C27H25FN4O4S2/c1-3-4-17-32-26-24(29-22-7-5-6-8-23(22)30-26)25(37(33,34)20-13-9-18(2)10-14-20)27(32)31-38(35,36)21-15-11-19(28)12-16-21/h5-16,31H,3-4,17H2,1-2H3. The lowest BCUT2D eigenvalue weighted by Crippen LogP contribution is -2.18. The maximum Gasteiger partial charge on any atom is 0.263 e.